The molecule has 6 heteroatoms. The van der Waals surface area contributed by atoms with Gasteiger partial charge in [0.05, 0.1) is 52.9 Å². The van der Waals surface area contributed by atoms with Crippen LogP contribution in [0.25, 0.3) is 0 Å². The minimum Gasteiger partial charge on any atom is -0.457 e. The van der Waals surface area contributed by atoms with Crippen LogP contribution in [-0.4, -0.2) is 52.0 Å². The molecule has 0 saturated carbocycles. The van der Waals surface area contributed by atoms with Crippen LogP contribution in [0.5, 0.6) is 11.5 Å². The summed E-state index contributed by atoms with van der Waals surface area (Å²) in [4.78, 5) is 0. The van der Waals surface area contributed by atoms with E-state index in [2.05, 4.69) is 12.6 Å². The summed E-state index contributed by atoms with van der Waals surface area (Å²) in [7, 11) is 0. The van der Waals surface area contributed by atoms with E-state index in [1.807, 2.05) is 54.6 Å². The summed E-state index contributed by atoms with van der Waals surface area (Å²) < 4.78 is 27.6. The molecule has 5 nitrogen and oxygen atoms in total. The number of hydrogen-bond acceptors (Lipinski definition) is 6. The number of hydrogen-bond donors (Lipinski definition) is 1. The standard InChI is InChI=1S/C21H28O5S/c27-16-15-24-12-11-22-9-10-23-13-14-25-18-19-5-4-8-21(17-19)26-20-6-2-1-3-7-20/h1-8,17,27H,9-16,18H2. The average Bonchev–Trinajstić information content (AvgIpc) is 2.70. The minimum absolute atomic E-state index is 0.522. The molecule has 27 heavy (non-hydrogen) atoms. The van der Waals surface area contributed by atoms with Crippen LogP contribution in [0.4, 0.5) is 0 Å². The smallest absolute Gasteiger partial charge is 0.127 e. The molecule has 0 fully saturated rings. The molecular formula is C21H28O5S. The zero-order chi connectivity index (χ0) is 19.0. The SMILES string of the molecule is SCCOCCOCCOCCOCc1cccc(Oc2ccccc2)c1. The van der Waals surface area contributed by atoms with Crippen molar-refractivity contribution in [1.29, 1.82) is 0 Å². The third-order valence-corrected chi connectivity index (χ3v) is 3.68. The van der Waals surface area contributed by atoms with Crippen molar-refractivity contribution in [1.82, 2.24) is 0 Å². The van der Waals surface area contributed by atoms with Crippen LogP contribution in [0.15, 0.2) is 54.6 Å². The molecule has 0 radical (unpaired) electrons. The maximum absolute atomic E-state index is 5.83. The highest BCUT2D eigenvalue weighted by Gasteiger charge is 2.00. The van der Waals surface area contributed by atoms with Crippen molar-refractivity contribution in [2.24, 2.45) is 0 Å². The molecule has 0 heterocycles. The van der Waals surface area contributed by atoms with Crippen molar-refractivity contribution in [2.75, 3.05) is 52.0 Å². The fourth-order valence-corrected chi connectivity index (χ4v) is 2.37. The molecule has 0 bridgehead atoms. The molecule has 0 aliphatic rings. The maximum Gasteiger partial charge on any atom is 0.127 e. The molecule has 0 spiro atoms. The van der Waals surface area contributed by atoms with Crippen LogP contribution in [0.2, 0.25) is 0 Å². The number of thiol groups is 1. The van der Waals surface area contributed by atoms with E-state index in [0.717, 1.165) is 22.8 Å². The molecule has 2 rings (SSSR count). The summed E-state index contributed by atoms with van der Waals surface area (Å²) in [5.41, 5.74) is 1.06. The van der Waals surface area contributed by atoms with Crippen LogP contribution < -0.4 is 4.74 Å². The van der Waals surface area contributed by atoms with Gasteiger partial charge in [0.25, 0.3) is 0 Å². The lowest BCUT2D eigenvalue weighted by Crippen LogP contribution is -2.12. The fraction of sp³-hybridized carbons (Fsp3) is 0.429. The topological polar surface area (TPSA) is 46.2 Å². The molecule has 0 unspecified atom stereocenters. The van der Waals surface area contributed by atoms with E-state index >= 15 is 0 Å². The molecular weight excluding hydrogens is 364 g/mol. The van der Waals surface area contributed by atoms with E-state index in [4.69, 9.17) is 23.7 Å². The summed E-state index contributed by atoms with van der Waals surface area (Å²) in [6, 6.07) is 17.6. The molecule has 148 valence electrons. The summed E-state index contributed by atoms with van der Waals surface area (Å²) in [5.74, 6) is 2.35. The summed E-state index contributed by atoms with van der Waals surface area (Å²) in [5, 5.41) is 0. The molecule has 2 aromatic rings. The molecule has 0 saturated heterocycles. The van der Waals surface area contributed by atoms with Gasteiger partial charge in [-0.05, 0) is 29.8 Å². The number of ether oxygens (including phenoxy) is 5. The normalized spacial score (nSPS) is 10.9. The van der Waals surface area contributed by atoms with E-state index in [1.165, 1.54) is 0 Å². The van der Waals surface area contributed by atoms with Gasteiger partial charge in [-0.15, -0.1) is 0 Å². The molecule has 0 aromatic heterocycles. The third kappa shape index (κ3) is 10.4. The lowest BCUT2D eigenvalue weighted by atomic mass is 10.2. The Morgan fingerprint density at radius 1 is 0.593 bits per heavy atom. The van der Waals surface area contributed by atoms with Gasteiger partial charge >= 0.3 is 0 Å². The molecule has 0 aliphatic carbocycles. The van der Waals surface area contributed by atoms with E-state index in [0.29, 0.717) is 52.9 Å². The second-order valence-electron chi connectivity index (χ2n) is 5.68. The third-order valence-electron chi connectivity index (χ3n) is 3.50. The Balaban J connectivity index is 1.50. The Labute approximate surface area is 166 Å². The van der Waals surface area contributed by atoms with E-state index in [-0.39, 0.29) is 0 Å². The van der Waals surface area contributed by atoms with E-state index in [1.54, 1.807) is 0 Å². The average molecular weight is 393 g/mol. The van der Waals surface area contributed by atoms with E-state index < -0.39 is 0 Å². The van der Waals surface area contributed by atoms with Gasteiger partial charge < -0.3 is 23.7 Å². The Morgan fingerprint density at radius 2 is 1.19 bits per heavy atom. The first-order valence-corrected chi connectivity index (χ1v) is 9.75. The van der Waals surface area contributed by atoms with Crippen molar-refractivity contribution in [3.05, 3.63) is 60.2 Å². The second kappa shape index (κ2) is 14.5. The van der Waals surface area contributed by atoms with Crippen LogP contribution in [-0.2, 0) is 25.6 Å². The molecule has 2 aromatic carbocycles. The largest absolute Gasteiger partial charge is 0.457 e. The lowest BCUT2D eigenvalue weighted by Gasteiger charge is -2.09. The second-order valence-corrected chi connectivity index (χ2v) is 6.12. The highest BCUT2D eigenvalue weighted by atomic mass is 32.1. The quantitative estimate of drug-likeness (QED) is 0.367. The van der Waals surface area contributed by atoms with Gasteiger partial charge in [0.2, 0.25) is 0 Å². The van der Waals surface area contributed by atoms with Gasteiger partial charge in [-0.2, -0.15) is 12.6 Å². The van der Waals surface area contributed by atoms with E-state index in [9.17, 15) is 0 Å². The van der Waals surface area contributed by atoms with Crippen LogP contribution >= 0.6 is 12.6 Å². The lowest BCUT2D eigenvalue weighted by molar-refractivity contribution is -0.00265. The molecule has 0 amide bonds. The van der Waals surface area contributed by atoms with Crippen LogP contribution in [0.3, 0.4) is 0 Å². The van der Waals surface area contributed by atoms with Gasteiger partial charge in [0.1, 0.15) is 11.5 Å². The summed E-state index contributed by atoms with van der Waals surface area (Å²) in [6.45, 7) is 4.54. The van der Waals surface area contributed by atoms with Crippen molar-refractivity contribution < 1.29 is 23.7 Å². The molecule has 0 N–H and O–H groups in total. The Morgan fingerprint density at radius 3 is 1.85 bits per heavy atom. The first kappa shape index (κ1) is 21.7. The first-order chi connectivity index (χ1) is 13.4. The monoisotopic (exact) mass is 392 g/mol. The van der Waals surface area contributed by atoms with Crippen LogP contribution in [0.1, 0.15) is 5.56 Å². The first-order valence-electron chi connectivity index (χ1n) is 9.12. The fourth-order valence-electron chi connectivity index (χ4n) is 2.24. The highest BCUT2D eigenvalue weighted by Crippen LogP contribution is 2.22. The predicted octanol–water partition coefficient (Wildman–Crippen LogP) is 3.98. The summed E-state index contributed by atoms with van der Waals surface area (Å²) >= 11 is 4.06. The van der Waals surface area contributed by atoms with Crippen LogP contribution in [0, 0.1) is 0 Å². The number of benzene rings is 2. The zero-order valence-electron chi connectivity index (χ0n) is 15.5. The van der Waals surface area contributed by atoms with Gasteiger partial charge in [-0.25, -0.2) is 0 Å². The van der Waals surface area contributed by atoms with Crippen molar-refractivity contribution in [3.8, 4) is 11.5 Å². The Kier molecular flexibility index (Phi) is 11.7. The maximum atomic E-state index is 5.83. The van der Waals surface area contributed by atoms with Gasteiger partial charge in [-0.1, -0.05) is 30.3 Å². The van der Waals surface area contributed by atoms with Crippen molar-refractivity contribution in [3.63, 3.8) is 0 Å². The minimum atomic E-state index is 0.522. The number of rotatable bonds is 15. The van der Waals surface area contributed by atoms with Gasteiger partial charge in [-0.3, -0.25) is 0 Å². The van der Waals surface area contributed by atoms with Crippen molar-refractivity contribution in [2.45, 2.75) is 6.61 Å². The summed E-state index contributed by atoms with van der Waals surface area (Å²) in [6.07, 6.45) is 0. The van der Waals surface area contributed by atoms with Gasteiger partial charge in [0, 0.05) is 5.75 Å². The molecule has 0 aliphatic heterocycles. The number of para-hydroxylation sites is 1. The molecule has 0 atom stereocenters. The van der Waals surface area contributed by atoms with Gasteiger partial charge in [0.15, 0.2) is 0 Å². The van der Waals surface area contributed by atoms with Crippen molar-refractivity contribution >= 4 is 12.6 Å². The zero-order valence-corrected chi connectivity index (χ0v) is 16.4. The Bertz CT molecular complexity index is 609. The Hall–Kier alpha value is -1.57. The predicted molar refractivity (Wildman–Crippen MR) is 109 cm³/mol. The highest BCUT2D eigenvalue weighted by molar-refractivity contribution is 7.80.